The Hall–Kier alpha value is -1.51. The fourth-order valence-corrected chi connectivity index (χ4v) is 5.35. The van der Waals surface area contributed by atoms with Crippen molar-refractivity contribution in [2.75, 3.05) is 0 Å². The monoisotopic (exact) mass is 337 g/mol. The van der Waals surface area contributed by atoms with E-state index in [1.807, 2.05) is 0 Å². The molecule has 0 spiro atoms. The molecule has 0 aliphatic heterocycles. The molecule has 24 heavy (non-hydrogen) atoms. The second-order valence-corrected chi connectivity index (χ2v) is 12.5. The Bertz CT molecular complexity index is 595. The predicted octanol–water partition coefficient (Wildman–Crippen LogP) is 6.22. The van der Waals surface area contributed by atoms with E-state index >= 15 is 0 Å². The predicted molar refractivity (Wildman–Crippen MR) is 104 cm³/mol. The van der Waals surface area contributed by atoms with Crippen LogP contribution in [0.25, 0.3) is 0 Å². The number of rotatable bonds is 4. The molecule has 0 aromatic heterocycles. The molecular formula is C22H29OSi+. The van der Waals surface area contributed by atoms with Gasteiger partial charge in [-0.25, -0.2) is 4.43 Å². The summed E-state index contributed by atoms with van der Waals surface area (Å²) in [5.74, 6) is 1.85. The Balaban J connectivity index is 2.02. The van der Waals surface area contributed by atoms with Crippen LogP contribution in [0, 0.1) is 17.9 Å². The molecule has 0 amide bonds. The molecule has 0 bridgehead atoms. The van der Waals surface area contributed by atoms with Crippen molar-refractivity contribution in [1.29, 1.82) is 0 Å². The zero-order valence-corrected chi connectivity index (χ0v) is 16.5. The van der Waals surface area contributed by atoms with Gasteiger partial charge in [0.2, 0.25) is 6.10 Å². The van der Waals surface area contributed by atoms with Gasteiger partial charge in [-0.15, -0.1) is 0 Å². The molecule has 0 saturated heterocycles. The average molecular weight is 338 g/mol. The molecule has 1 fully saturated rings. The van der Waals surface area contributed by atoms with E-state index in [1.165, 1.54) is 17.2 Å². The summed E-state index contributed by atoms with van der Waals surface area (Å²) >= 11 is 0. The molecule has 0 radical (unpaired) electrons. The summed E-state index contributed by atoms with van der Waals surface area (Å²) < 4.78 is 6.58. The molecule has 2 aromatic carbocycles. The van der Waals surface area contributed by atoms with Crippen molar-refractivity contribution < 1.29 is 4.43 Å². The van der Waals surface area contributed by atoms with Crippen LogP contribution in [0.2, 0.25) is 19.6 Å². The largest absolute Gasteiger partial charge is 0.253 e. The summed E-state index contributed by atoms with van der Waals surface area (Å²) in [5, 5.41) is 0. The Kier molecular flexibility index (Phi) is 4.89. The summed E-state index contributed by atoms with van der Waals surface area (Å²) in [6.45, 7) is 11.6. The van der Waals surface area contributed by atoms with E-state index < -0.39 is 8.32 Å². The maximum absolute atomic E-state index is 6.58. The van der Waals surface area contributed by atoms with Crippen molar-refractivity contribution in [3.8, 4) is 0 Å². The minimum atomic E-state index is -1.60. The molecule has 0 heterocycles. The van der Waals surface area contributed by atoms with Gasteiger partial charge in [0.1, 0.15) is 11.8 Å². The normalized spacial score (nSPS) is 27.5. The first kappa shape index (κ1) is 17.3. The zero-order chi connectivity index (χ0) is 17.3. The Morgan fingerprint density at radius 3 is 1.42 bits per heavy atom. The van der Waals surface area contributed by atoms with E-state index in [9.17, 15) is 0 Å². The highest BCUT2D eigenvalue weighted by Crippen LogP contribution is 2.57. The Labute approximate surface area is 148 Å². The highest BCUT2D eigenvalue weighted by Gasteiger charge is 2.58. The minimum Gasteiger partial charge on any atom is -0.244 e. The first-order valence-electron chi connectivity index (χ1n) is 9.04. The van der Waals surface area contributed by atoms with Crippen LogP contribution in [-0.4, -0.2) is 8.32 Å². The standard InChI is InChI=1S/C22H29OSi/c1-16-20(18-12-8-6-9-13-18)21(19-14-10-7-11-15-19)17(2)22(16)23-24(3,4)5/h6-17,20-21H,1-5H3/q+1/t16?,17?,20-,21?/m1/s1. The number of benzene rings is 2. The fraction of sp³-hybridized carbons (Fsp3) is 0.409. The topological polar surface area (TPSA) is 9.23 Å². The SMILES string of the molecule is CC1[C+](O[Si](C)(C)C)C(C)[C@H](c2ccccc2)C1c1ccccc1. The maximum atomic E-state index is 6.58. The van der Waals surface area contributed by atoms with Gasteiger partial charge in [0.15, 0.2) is 0 Å². The average Bonchev–Trinajstić information content (AvgIpc) is 2.80. The third-order valence-corrected chi connectivity index (χ3v) is 6.00. The van der Waals surface area contributed by atoms with Gasteiger partial charge in [-0.2, -0.15) is 0 Å². The first-order valence-corrected chi connectivity index (χ1v) is 12.4. The second kappa shape index (κ2) is 6.77. The molecule has 2 heteroatoms. The smallest absolute Gasteiger partial charge is 0.244 e. The van der Waals surface area contributed by atoms with Crippen LogP contribution < -0.4 is 0 Å². The van der Waals surface area contributed by atoms with E-state index in [1.54, 1.807) is 0 Å². The minimum absolute atomic E-state index is 0.444. The molecular weight excluding hydrogens is 308 g/mol. The maximum Gasteiger partial charge on any atom is 0.253 e. The summed E-state index contributed by atoms with van der Waals surface area (Å²) in [7, 11) is -1.60. The molecule has 1 saturated carbocycles. The lowest BCUT2D eigenvalue weighted by Gasteiger charge is -2.21. The quantitative estimate of drug-likeness (QED) is 0.475. The van der Waals surface area contributed by atoms with E-state index in [0.29, 0.717) is 23.7 Å². The zero-order valence-electron chi connectivity index (χ0n) is 15.5. The van der Waals surface area contributed by atoms with Gasteiger partial charge in [0.25, 0.3) is 8.32 Å². The van der Waals surface area contributed by atoms with Crippen molar-refractivity contribution in [2.45, 2.75) is 45.3 Å². The van der Waals surface area contributed by atoms with Crippen LogP contribution in [0.1, 0.15) is 36.8 Å². The summed E-state index contributed by atoms with van der Waals surface area (Å²) in [5.41, 5.74) is 2.86. The lowest BCUT2D eigenvalue weighted by molar-refractivity contribution is 0.233. The third-order valence-electron chi connectivity index (χ3n) is 5.15. The van der Waals surface area contributed by atoms with Crippen LogP contribution in [-0.2, 0) is 4.43 Å². The molecule has 1 aliphatic rings. The Morgan fingerprint density at radius 1 is 0.708 bits per heavy atom. The summed E-state index contributed by atoms with van der Waals surface area (Å²) in [4.78, 5) is 0. The van der Waals surface area contributed by atoms with Crippen molar-refractivity contribution in [2.24, 2.45) is 11.8 Å². The summed E-state index contributed by atoms with van der Waals surface area (Å²) in [6, 6.07) is 22.0. The van der Waals surface area contributed by atoms with E-state index in [-0.39, 0.29) is 0 Å². The number of hydrogen-bond donors (Lipinski definition) is 0. The Morgan fingerprint density at radius 2 is 1.08 bits per heavy atom. The van der Waals surface area contributed by atoms with Crippen LogP contribution >= 0.6 is 0 Å². The van der Waals surface area contributed by atoms with Gasteiger partial charge in [-0.05, 0) is 44.6 Å². The van der Waals surface area contributed by atoms with Crippen LogP contribution in [0.3, 0.4) is 0 Å². The third kappa shape index (κ3) is 3.45. The van der Waals surface area contributed by atoms with Crippen molar-refractivity contribution >= 4 is 8.32 Å². The van der Waals surface area contributed by atoms with Gasteiger partial charge in [-0.1, -0.05) is 60.7 Å². The molecule has 1 aliphatic carbocycles. The lowest BCUT2D eigenvalue weighted by Crippen LogP contribution is -2.31. The summed E-state index contributed by atoms with van der Waals surface area (Å²) in [6.07, 6.45) is 1.32. The van der Waals surface area contributed by atoms with Gasteiger partial charge < -0.3 is 0 Å². The fourth-order valence-electron chi connectivity index (χ4n) is 4.27. The molecule has 3 rings (SSSR count). The van der Waals surface area contributed by atoms with Crippen molar-refractivity contribution in [3.63, 3.8) is 0 Å². The van der Waals surface area contributed by atoms with Crippen molar-refractivity contribution in [3.05, 3.63) is 77.9 Å². The molecule has 126 valence electrons. The highest BCUT2D eigenvalue weighted by molar-refractivity contribution is 6.69. The number of hydrogen-bond acceptors (Lipinski definition) is 1. The second-order valence-electron chi connectivity index (χ2n) is 8.07. The molecule has 2 aromatic rings. The lowest BCUT2D eigenvalue weighted by atomic mass is 9.78. The van der Waals surface area contributed by atoms with E-state index in [2.05, 4.69) is 94.2 Å². The van der Waals surface area contributed by atoms with Gasteiger partial charge >= 0.3 is 0 Å². The molecule has 4 atom stereocenters. The van der Waals surface area contributed by atoms with Gasteiger partial charge in [0.05, 0.1) is 0 Å². The van der Waals surface area contributed by atoms with Crippen molar-refractivity contribution in [1.82, 2.24) is 0 Å². The van der Waals surface area contributed by atoms with Gasteiger partial charge in [-0.3, -0.25) is 0 Å². The highest BCUT2D eigenvalue weighted by atomic mass is 28.4. The first-order chi connectivity index (χ1) is 11.4. The van der Waals surface area contributed by atoms with Crippen LogP contribution in [0.4, 0.5) is 0 Å². The van der Waals surface area contributed by atoms with Crippen LogP contribution in [0.5, 0.6) is 0 Å². The van der Waals surface area contributed by atoms with Gasteiger partial charge in [0, 0.05) is 11.8 Å². The van der Waals surface area contributed by atoms with Crippen LogP contribution in [0.15, 0.2) is 60.7 Å². The molecule has 0 N–H and O–H groups in total. The van der Waals surface area contributed by atoms with E-state index in [4.69, 9.17) is 4.43 Å². The molecule has 3 unspecified atom stereocenters. The van der Waals surface area contributed by atoms with E-state index in [0.717, 1.165) is 0 Å². The molecule has 1 nitrogen and oxygen atoms in total.